The number of hydrogen-bond donors (Lipinski definition) is 4. The molecule has 5 rings (SSSR count). The van der Waals surface area contributed by atoms with Crippen molar-refractivity contribution in [2.75, 3.05) is 25.0 Å². The van der Waals surface area contributed by atoms with Crippen molar-refractivity contribution >= 4 is 45.7 Å². The average Bonchev–Trinajstić information content (AvgIpc) is 2.87. The zero-order chi connectivity index (χ0) is 26.8. The zero-order valence-electron chi connectivity index (χ0n) is 21.3. The first-order valence-electron chi connectivity index (χ1n) is 12.7. The van der Waals surface area contributed by atoms with E-state index in [1.807, 2.05) is 18.2 Å². The Morgan fingerprint density at radius 3 is 2.44 bits per heavy atom. The second-order valence-corrected chi connectivity index (χ2v) is 12.0. The van der Waals surface area contributed by atoms with Crippen LogP contribution in [0.1, 0.15) is 42.0 Å². The molecule has 1 aliphatic heterocycles. The lowest BCUT2D eigenvalue weighted by Crippen LogP contribution is -2.49. The number of nitrogens with two attached hydrogens (primary N) is 1. The number of benzene rings is 3. The molecule has 1 saturated carbocycles. The Labute approximate surface area is 240 Å². The highest BCUT2D eigenvalue weighted by molar-refractivity contribution is 7.89. The van der Waals surface area contributed by atoms with Gasteiger partial charge in [0.25, 0.3) is 0 Å². The molecule has 208 valence electrons. The van der Waals surface area contributed by atoms with Crippen LogP contribution in [-0.2, 0) is 21.9 Å². The number of amides is 2. The monoisotopic (exact) mass is 590 g/mol. The predicted molar refractivity (Wildman–Crippen MR) is 155 cm³/mol. The Morgan fingerprint density at radius 1 is 1.08 bits per heavy atom. The fourth-order valence-electron chi connectivity index (χ4n) is 5.48. The minimum absolute atomic E-state index is 0. The second-order valence-electron chi connectivity index (χ2n) is 9.77. The van der Waals surface area contributed by atoms with Crippen LogP contribution in [0.25, 0.3) is 0 Å². The van der Waals surface area contributed by atoms with Crippen LogP contribution in [0, 0.1) is 0 Å². The van der Waals surface area contributed by atoms with Gasteiger partial charge in [0.1, 0.15) is 12.4 Å². The molecule has 0 aromatic heterocycles. The smallest absolute Gasteiger partial charge is 0.316 e. The highest BCUT2D eigenvalue weighted by atomic mass is 35.5. The van der Waals surface area contributed by atoms with Crippen molar-refractivity contribution in [3.8, 4) is 5.75 Å². The maximum Gasteiger partial charge on any atom is 0.316 e. The molecule has 0 spiro atoms. The Morgan fingerprint density at radius 2 is 1.79 bits per heavy atom. The summed E-state index contributed by atoms with van der Waals surface area (Å²) < 4.78 is 33.8. The van der Waals surface area contributed by atoms with Gasteiger partial charge in [0.05, 0.1) is 4.90 Å². The van der Waals surface area contributed by atoms with Crippen LogP contribution in [0.3, 0.4) is 0 Å². The van der Waals surface area contributed by atoms with Crippen LogP contribution in [0.5, 0.6) is 5.75 Å². The van der Waals surface area contributed by atoms with Crippen LogP contribution in [0.15, 0.2) is 71.6 Å². The van der Waals surface area contributed by atoms with Gasteiger partial charge in [-0.25, -0.2) is 17.9 Å². The van der Waals surface area contributed by atoms with Crippen LogP contribution in [0.4, 0.5) is 10.5 Å². The molecule has 8 nitrogen and oxygen atoms in total. The van der Waals surface area contributed by atoms with Crippen molar-refractivity contribution in [2.45, 2.75) is 42.0 Å². The number of halogens is 2. The Hall–Kier alpha value is -2.82. The Kier molecular flexibility index (Phi) is 9.08. The molecular weight excluding hydrogens is 559 g/mol. The highest BCUT2D eigenvalue weighted by Gasteiger charge is 2.47. The summed E-state index contributed by atoms with van der Waals surface area (Å²) in [6.45, 7) is 1.21. The summed E-state index contributed by atoms with van der Waals surface area (Å²) in [7, 11) is -3.73. The number of primary amides is 1. The first-order valence-corrected chi connectivity index (χ1v) is 14.5. The van der Waals surface area contributed by atoms with E-state index in [0.717, 1.165) is 30.8 Å². The maximum absolute atomic E-state index is 12.6. The van der Waals surface area contributed by atoms with E-state index in [2.05, 4.69) is 39.6 Å². The first-order chi connectivity index (χ1) is 18.3. The highest BCUT2D eigenvalue weighted by Crippen LogP contribution is 2.53. The van der Waals surface area contributed by atoms with E-state index in [1.165, 1.54) is 47.4 Å². The summed E-state index contributed by atoms with van der Waals surface area (Å²) >= 11 is 6.16. The first kappa shape index (κ1) is 29.2. The number of hydrogen-bond acceptors (Lipinski definition) is 5. The number of ether oxygens (including phenoxy) is 1. The molecule has 3 aromatic rings. The van der Waals surface area contributed by atoms with Gasteiger partial charge in [-0.2, -0.15) is 0 Å². The van der Waals surface area contributed by atoms with Crippen molar-refractivity contribution in [2.24, 2.45) is 5.73 Å². The fraction of sp³-hybridized carbons (Fsp3) is 0.321. The molecular formula is C28H32Cl2N4O4S. The average molecular weight is 592 g/mol. The largest absolute Gasteiger partial charge is 0.492 e. The van der Waals surface area contributed by atoms with Gasteiger partial charge < -0.3 is 21.1 Å². The van der Waals surface area contributed by atoms with E-state index in [9.17, 15) is 13.2 Å². The van der Waals surface area contributed by atoms with E-state index in [-0.39, 0.29) is 41.9 Å². The van der Waals surface area contributed by atoms with Crippen LogP contribution < -0.4 is 25.8 Å². The summed E-state index contributed by atoms with van der Waals surface area (Å²) in [5.74, 6) is 0.712. The third-order valence-electron chi connectivity index (χ3n) is 7.48. The quantitative estimate of drug-likeness (QED) is 0.263. The van der Waals surface area contributed by atoms with Gasteiger partial charge >= 0.3 is 6.03 Å². The van der Waals surface area contributed by atoms with Gasteiger partial charge in [-0.15, -0.1) is 12.4 Å². The number of carbonyl (C=O) groups is 1. The number of sulfonamides is 1. The van der Waals surface area contributed by atoms with Crippen LogP contribution >= 0.6 is 24.0 Å². The SMILES string of the molecule is Cl.NC(=O)Nc1ccc(S(=O)(=O)NCCOc2ccc3c(c2)C(C2(c4ccc(Cl)cc4)CCC2)NCC3)cc1. The molecule has 2 aliphatic rings. The number of rotatable bonds is 9. The van der Waals surface area contributed by atoms with Gasteiger partial charge in [-0.1, -0.05) is 36.2 Å². The molecule has 0 saturated heterocycles. The minimum atomic E-state index is -3.73. The standard InChI is InChI=1S/C28H31ClN4O4S.ClH/c29-21-5-3-20(4-6-21)28(13-1-14-28)26-25-18-23(9-2-19(25)12-15-31-26)37-17-16-32-38(35,36)24-10-7-22(8-11-24)33-27(30)34;/h2-11,18,26,31-32H,1,12-17H2,(H3,30,33,34);1H. The van der Waals surface area contributed by atoms with Gasteiger partial charge in [-0.05, 0) is 91.0 Å². The van der Waals surface area contributed by atoms with Crippen LogP contribution in [-0.4, -0.2) is 34.1 Å². The van der Waals surface area contributed by atoms with E-state index >= 15 is 0 Å². The predicted octanol–water partition coefficient (Wildman–Crippen LogP) is 4.92. The van der Waals surface area contributed by atoms with Crippen molar-refractivity contribution in [3.63, 3.8) is 0 Å². The molecule has 39 heavy (non-hydrogen) atoms. The summed E-state index contributed by atoms with van der Waals surface area (Å²) in [5, 5.41) is 6.91. The van der Waals surface area contributed by atoms with Crippen molar-refractivity contribution in [1.29, 1.82) is 0 Å². The summed E-state index contributed by atoms with van der Waals surface area (Å²) in [5.41, 5.74) is 9.39. The summed E-state index contributed by atoms with van der Waals surface area (Å²) in [6, 6.07) is 19.6. The van der Waals surface area contributed by atoms with Crippen molar-refractivity contribution < 1.29 is 17.9 Å². The Balaban J connectivity index is 0.00000353. The second kappa shape index (κ2) is 12.1. The molecule has 1 atom stereocenters. The molecule has 3 aromatic carbocycles. The van der Waals surface area contributed by atoms with Gasteiger partial charge in [0.2, 0.25) is 10.0 Å². The molecule has 1 heterocycles. The van der Waals surface area contributed by atoms with E-state index < -0.39 is 16.1 Å². The number of nitrogens with one attached hydrogen (secondary N) is 3. The van der Waals surface area contributed by atoms with Crippen LogP contribution in [0.2, 0.25) is 5.02 Å². The third kappa shape index (κ3) is 6.34. The Bertz CT molecular complexity index is 1410. The molecule has 1 fully saturated rings. The van der Waals surface area contributed by atoms with E-state index in [0.29, 0.717) is 11.4 Å². The number of urea groups is 1. The molecule has 2 amide bonds. The third-order valence-corrected chi connectivity index (χ3v) is 9.21. The zero-order valence-corrected chi connectivity index (χ0v) is 23.7. The molecule has 0 bridgehead atoms. The number of anilines is 1. The molecule has 5 N–H and O–H groups in total. The lowest BCUT2D eigenvalue weighted by molar-refractivity contribution is 0.164. The molecule has 1 aliphatic carbocycles. The van der Waals surface area contributed by atoms with E-state index in [1.54, 1.807) is 0 Å². The van der Waals surface area contributed by atoms with Crippen molar-refractivity contribution in [1.82, 2.24) is 10.0 Å². The maximum atomic E-state index is 12.6. The summed E-state index contributed by atoms with van der Waals surface area (Å²) in [4.78, 5) is 11.0. The van der Waals surface area contributed by atoms with Gasteiger partial charge in [0, 0.05) is 28.7 Å². The molecule has 0 radical (unpaired) electrons. The number of carbonyl (C=O) groups excluding carboxylic acids is 1. The van der Waals surface area contributed by atoms with Crippen molar-refractivity contribution in [3.05, 3.63) is 88.4 Å². The van der Waals surface area contributed by atoms with Gasteiger partial charge in [-0.3, -0.25) is 0 Å². The fourth-order valence-corrected chi connectivity index (χ4v) is 6.62. The minimum Gasteiger partial charge on any atom is -0.492 e. The van der Waals surface area contributed by atoms with Gasteiger partial charge in [0.15, 0.2) is 0 Å². The normalized spacial score (nSPS) is 17.7. The lowest BCUT2D eigenvalue weighted by atomic mass is 9.58. The van der Waals surface area contributed by atoms with E-state index in [4.69, 9.17) is 22.1 Å². The lowest BCUT2D eigenvalue weighted by Gasteiger charge is -2.50. The molecule has 1 unspecified atom stereocenters. The summed E-state index contributed by atoms with van der Waals surface area (Å²) in [6.07, 6.45) is 4.36. The number of fused-ring (bicyclic) bond motifs is 1. The topological polar surface area (TPSA) is 123 Å². The molecule has 11 heteroatoms.